The number of aryl methyl sites for hydroxylation is 2. The normalized spacial score (nSPS) is 12.3. The monoisotopic (exact) mass is 275 g/mol. The second-order valence-corrected chi connectivity index (χ2v) is 5.23. The molecule has 0 fully saturated rings. The Bertz CT molecular complexity index is 570. The van der Waals surface area contributed by atoms with Crippen molar-refractivity contribution in [1.29, 1.82) is 0 Å². The van der Waals surface area contributed by atoms with Crippen LogP contribution in [-0.4, -0.2) is 0 Å². The van der Waals surface area contributed by atoms with Crippen LogP contribution in [-0.2, 0) is 0 Å². The van der Waals surface area contributed by atoms with E-state index >= 15 is 0 Å². The smallest absolute Gasteiger partial charge is 0.133 e. The maximum absolute atomic E-state index is 6.05. The molecule has 2 aromatic rings. The van der Waals surface area contributed by atoms with E-state index in [-0.39, 0.29) is 6.04 Å². The maximum atomic E-state index is 6.05. The average molecular weight is 276 g/mol. The molecule has 0 aromatic heterocycles. The van der Waals surface area contributed by atoms with Gasteiger partial charge in [0.25, 0.3) is 0 Å². The molecule has 0 radical (unpaired) electrons. The van der Waals surface area contributed by atoms with Crippen LogP contribution < -0.4 is 10.5 Å². The maximum Gasteiger partial charge on any atom is 0.133 e. The molecule has 0 aliphatic carbocycles. The number of hydrogen-bond acceptors (Lipinski definition) is 2. The summed E-state index contributed by atoms with van der Waals surface area (Å²) >= 11 is 6.03. The number of rotatable bonds is 3. The van der Waals surface area contributed by atoms with Gasteiger partial charge in [-0.3, -0.25) is 0 Å². The van der Waals surface area contributed by atoms with Gasteiger partial charge in [0.15, 0.2) is 0 Å². The number of ether oxygens (including phenoxy) is 1. The molecule has 2 rings (SSSR count). The topological polar surface area (TPSA) is 35.2 Å². The summed E-state index contributed by atoms with van der Waals surface area (Å²) in [5, 5.41) is 0.725. The van der Waals surface area contributed by atoms with Gasteiger partial charge in [-0.2, -0.15) is 0 Å². The zero-order valence-corrected chi connectivity index (χ0v) is 12.2. The van der Waals surface area contributed by atoms with Crippen molar-refractivity contribution in [3.8, 4) is 11.5 Å². The third-order valence-electron chi connectivity index (χ3n) is 3.05. The molecule has 0 bridgehead atoms. The second kappa shape index (κ2) is 5.64. The van der Waals surface area contributed by atoms with Crippen LogP contribution in [0.1, 0.15) is 29.7 Å². The Morgan fingerprint density at radius 1 is 1.11 bits per heavy atom. The van der Waals surface area contributed by atoms with E-state index in [1.54, 1.807) is 0 Å². The highest BCUT2D eigenvalue weighted by molar-refractivity contribution is 6.30. The minimum Gasteiger partial charge on any atom is -0.456 e. The molecule has 0 amide bonds. The van der Waals surface area contributed by atoms with Crippen molar-refractivity contribution in [2.45, 2.75) is 26.8 Å². The van der Waals surface area contributed by atoms with Gasteiger partial charge >= 0.3 is 0 Å². The fraction of sp³-hybridized carbons (Fsp3) is 0.250. The van der Waals surface area contributed by atoms with Crippen molar-refractivity contribution in [3.05, 3.63) is 58.1 Å². The Hall–Kier alpha value is -1.51. The summed E-state index contributed by atoms with van der Waals surface area (Å²) in [5.74, 6) is 1.64. The molecule has 0 spiro atoms. The first-order chi connectivity index (χ1) is 8.99. The number of hydrogen-bond donors (Lipinski definition) is 1. The fourth-order valence-corrected chi connectivity index (χ4v) is 2.45. The SMILES string of the molecule is Cc1cc(Cl)cc(C)c1Oc1ccccc1[C@H](C)N. The Balaban J connectivity index is 2.42. The van der Waals surface area contributed by atoms with E-state index in [4.69, 9.17) is 22.1 Å². The lowest BCUT2D eigenvalue weighted by Gasteiger charge is -2.16. The van der Waals surface area contributed by atoms with Crippen LogP contribution in [0.3, 0.4) is 0 Å². The molecule has 0 saturated carbocycles. The predicted octanol–water partition coefficient (Wildman–Crippen LogP) is 4.77. The molecule has 1 atom stereocenters. The van der Waals surface area contributed by atoms with Gasteiger partial charge in [-0.25, -0.2) is 0 Å². The Morgan fingerprint density at radius 2 is 1.68 bits per heavy atom. The van der Waals surface area contributed by atoms with Crippen molar-refractivity contribution < 1.29 is 4.74 Å². The number of halogens is 1. The standard InChI is InChI=1S/C16H18ClNO/c1-10-8-13(17)9-11(2)16(10)19-15-7-5-4-6-14(15)12(3)18/h4-9,12H,18H2,1-3H3/t12-/m0/s1. The molecule has 3 heteroatoms. The van der Waals surface area contributed by atoms with E-state index < -0.39 is 0 Å². The van der Waals surface area contributed by atoms with E-state index in [1.807, 2.05) is 57.2 Å². The minimum atomic E-state index is -0.0656. The van der Waals surface area contributed by atoms with Crippen molar-refractivity contribution in [2.24, 2.45) is 5.73 Å². The summed E-state index contributed by atoms with van der Waals surface area (Å²) in [5.41, 5.74) is 9.00. The molecular formula is C16H18ClNO. The van der Waals surface area contributed by atoms with Crippen LogP contribution in [0.2, 0.25) is 5.02 Å². The Labute approximate surface area is 119 Å². The highest BCUT2D eigenvalue weighted by atomic mass is 35.5. The summed E-state index contributed by atoms with van der Waals surface area (Å²) in [6.07, 6.45) is 0. The minimum absolute atomic E-state index is 0.0656. The summed E-state index contributed by atoms with van der Waals surface area (Å²) in [6, 6.07) is 11.6. The van der Waals surface area contributed by atoms with Crippen LogP contribution in [0.5, 0.6) is 11.5 Å². The molecule has 2 N–H and O–H groups in total. The summed E-state index contributed by atoms with van der Waals surface area (Å²) in [6.45, 7) is 5.93. The Morgan fingerprint density at radius 3 is 2.26 bits per heavy atom. The van der Waals surface area contributed by atoms with E-state index in [0.29, 0.717) is 0 Å². The zero-order valence-electron chi connectivity index (χ0n) is 11.4. The molecule has 0 unspecified atom stereocenters. The van der Waals surface area contributed by atoms with Gasteiger partial charge < -0.3 is 10.5 Å². The molecule has 0 saturated heterocycles. The third kappa shape index (κ3) is 3.09. The highest BCUT2D eigenvalue weighted by Gasteiger charge is 2.11. The third-order valence-corrected chi connectivity index (χ3v) is 3.26. The molecule has 19 heavy (non-hydrogen) atoms. The highest BCUT2D eigenvalue weighted by Crippen LogP contribution is 2.34. The van der Waals surface area contributed by atoms with E-state index in [9.17, 15) is 0 Å². The second-order valence-electron chi connectivity index (χ2n) is 4.80. The molecule has 100 valence electrons. The molecule has 0 aliphatic rings. The van der Waals surface area contributed by atoms with Crippen molar-refractivity contribution in [2.75, 3.05) is 0 Å². The van der Waals surface area contributed by atoms with Crippen molar-refractivity contribution in [1.82, 2.24) is 0 Å². The van der Waals surface area contributed by atoms with E-state index in [1.165, 1.54) is 0 Å². The average Bonchev–Trinajstić information content (AvgIpc) is 2.34. The van der Waals surface area contributed by atoms with Crippen LogP contribution in [0.4, 0.5) is 0 Å². The Kier molecular flexibility index (Phi) is 4.13. The quantitative estimate of drug-likeness (QED) is 0.876. The number of nitrogens with two attached hydrogens (primary N) is 1. The van der Waals surface area contributed by atoms with Gasteiger partial charge in [-0.1, -0.05) is 29.8 Å². The fourth-order valence-electron chi connectivity index (χ4n) is 2.12. The number of para-hydroxylation sites is 1. The zero-order chi connectivity index (χ0) is 14.0. The van der Waals surface area contributed by atoms with Gasteiger partial charge in [-0.05, 0) is 50.1 Å². The molecule has 2 nitrogen and oxygen atoms in total. The number of benzene rings is 2. The molecule has 0 heterocycles. The van der Waals surface area contributed by atoms with Gasteiger partial charge in [0.2, 0.25) is 0 Å². The van der Waals surface area contributed by atoms with Crippen LogP contribution in [0, 0.1) is 13.8 Å². The van der Waals surface area contributed by atoms with Crippen LogP contribution >= 0.6 is 11.6 Å². The lowest BCUT2D eigenvalue weighted by atomic mass is 10.1. The summed E-state index contributed by atoms with van der Waals surface area (Å²) in [7, 11) is 0. The van der Waals surface area contributed by atoms with Gasteiger partial charge in [0.05, 0.1) is 0 Å². The summed E-state index contributed by atoms with van der Waals surface area (Å²) in [4.78, 5) is 0. The molecule has 2 aromatic carbocycles. The molecular weight excluding hydrogens is 258 g/mol. The van der Waals surface area contributed by atoms with E-state index in [0.717, 1.165) is 33.2 Å². The lowest BCUT2D eigenvalue weighted by Crippen LogP contribution is -2.06. The molecule has 0 aliphatic heterocycles. The first-order valence-corrected chi connectivity index (χ1v) is 6.66. The summed E-state index contributed by atoms with van der Waals surface area (Å²) < 4.78 is 6.05. The first-order valence-electron chi connectivity index (χ1n) is 6.28. The van der Waals surface area contributed by atoms with Crippen molar-refractivity contribution in [3.63, 3.8) is 0 Å². The van der Waals surface area contributed by atoms with Gasteiger partial charge in [0.1, 0.15) is 11.5 Å². The van der Waals surface area contributed by atoms with Gasteiger partial charge in [0, 0.05) is 16.6 Å². The van der Waals surface area contributed by atoms with Crippen LogP contribution in [0.15, 0.2) is 36.4 Å². The largest absolute Gasteiger partial charge is 0.456 e. The van der Waals surface area contributed by atoms with Gasteiger partial charge in [-0.15, -0.1) is 0 Å². The van der Waals surface area contributed by atoms with Crippen LogP contribution in [0.25, 0.3) is 0 Å². The first kappa shape index (κ1) is 13.9. The lowest BCUT2D eigenvalue weighted by molar-refractivity contribution is 0.465. The van der Waals surface area contributed by atoms with Crippen molar-refractivity contribution >= 4 is 11.6 Å². The van der Waals surface area contributed by atoms with E-state index in [2.05, 4.69) is 0 Å². The predicted molar refractivity (Wildman–Crippen MR) is 80.0 cm³/mol.